The minimum absolute atomic E-state index is 0.0415. The number of nitrogen functional groups attached to an aromatic ring is 1. The number of anilines is 2. The minimum Gasteiger partial charge on any atom is -0.382 e. The zero-order valence-electron chi connectivity index (χ0n) is 23.1. The topological polar surface area (TPSA) is 122 Å². The fraction of sp³-hybridized carbons (Fsp3) is 0.323. The van der Waals surface area contributed by atoms with Crippen LogP contribution in [0.5, 0.6) is 0 Å². The van der Waals surface area contributed by atoms with Crippen LogP contribution in [0.4, 0.5) is 11.6 Å². The van der Waals surface area contributed by atoms with Gasteiger partial charge in [0.05, 0.1) is 5.54 Å². The Morgan fingerprint density at radius 1 is 1.10 bits per heavy atom. The second-order valence-corrected chi connectivity index (χ2v) is 11.5. The average molecular weight is 549 g/mol. The van der Waals surface area contributed by atoms with Crippen LogP contribution in [0.15, 0.2) is 73.2 Å². The Labute approximate surface area is 237 Å². The van der Waals surface area contributed by atoms with E-state index in [2.05, 4.69) is 20.2 Å². The van der Waals surface area contributed by atoms with Crippen molar-refractivity contribution in [2.24, 2.45) is 5.92 Å². The molecule has 3 unspecified atom stereocenters. The molecular weight excluding hydrogens is 516 g/mol. The van der Waals surface area contributed by atoms with E-state index in [1.165, 1.54) is 0 Å². The number of benzene rings is 1. The van der Waals surface area contributed by atoms with Gasteiger partial charge in [0.1, 0.15) is 34.2 Å². The highest BCUT2D eigenvalue weighted by Gasteiger charge is 2.86. The molecule has 41 heavy (non-hydrogen) atoms. The number of fused-ring (bicyclic) bond motifs is 1. The number of rotatable bonds is 7. The molecule has 3 N–H and O–H groups in total. The molecule has 1 saturated heterocycles. The van der Waals surface area contributed by atoms with Gasteiger partial charge in [0.15, 0.2) is 0 Å². The molecule has 3 atom stereocenters. The number of hydrogen-bond acceptors (Lipinski definition) is 7. The summed E-state index contributed by atoms with van der Waals surface area (Å²) in [4.78, 5) is 44.2. The number of hydrogen-bond donors (Lipinski definition) is 2. The molecule has 2 saturated carbocycles. The zero-order chi connectivity index (χ0) is 28.4. The summed E-state index contributed by atoms with van der Waals surface area (Å²) in [7, 11) is 3.97. The third kappa shape index (κ3) is 3.63. The maximum atomic E-state index is 13.6. The molecule has 10 nitrogen and oxygen atoms in total. The van der Waals surface area contributed by atoms with Gasteiger partial charge in [0.25, 0.3) is 5.91 Å². The van der Waals surface area contributed by atoms with E-state index < -0.39 is 5.54 Å². The highest BCUT2D eigenvalue weighted by atomic mass is 16.2. The SMILES string of the molecule is CN(C)C/C=C/C(=O)N1C2(c3nc(-c4ccc(C(=O)Nc5ccccn5)cc4)c4c(N)nccn34)CCC3CCC312. The van der Waals surface area contributed by atoms with Gasteiger partial charge in [-0.2, -0.15) is 0 Å². The monoisotopic (exact) mass is 548 g/mol. The first-order chi connectivity index (χ1) is 19.9. The summed E-state index contributed by atoms with van der Waals surface area (Å²) >= 11 is 0. The number of piperidine rings is 1. The molecule has 2 amide bonds. The van der Waals surface area contributed by atoms with Crippen molar-refractivity contribution in [1.82, 2.24) is 29.2 Å². The average Bonchev–Trinajstić information content (AvgIpc) is 3.30. The van der Waals surface area contributed by atoms with Crippen LogP contribution in [0.3, 0.4) is 0 Å². The Balaban J connectivity index is 1.26. The molecule has 10 heteroatoms. The van der Waals surface area contributed by atoms with Crippen LogP contribution in [-0.2, 0) is 10.3 Å². The van der Waals surface area contributed by atoms with Crippen LogP contribution in [-0.4, -0.2) is 67.1 Å². The highest BCUT2D eigenvalue weighted by Crippen LogP contribution is 2.77. The Morgan fingerprint density at radius 2 is 1.90 bits per heavy atom. The van der Waals surface area contributed by atoms with Crippen LogP contribution in [0, 0.1) is 5.92 Å². The summed E-state index contributed by atoms with van der Waals surface area (Å²) in [6.07, 6.45) is 12.9. The molecule has 208 valence electrons. The Morgan fingerprint density at radius 3 is 2.61 bits per heavy atom. The van der Waals surface area contributed by atoms with Gasteiger partial charge in [0, 0.05) is 42.3 Å². The molecule has 1 aliphatic heterocycles. The normalized spacial score (nSPS) is 24.4. The van der Waals surface area contributed by atoms with E-state index in [4.69, 9.17) is 10.7 Å². The number of amides is 2. The number of nitrogens with two attached hydrogens (primary N) is 1. The van der Waals surface area contributed by atoms with Crippen molar-refractivity contribution in [3.63, 3.8) is 0 Å². The first-order valence-corrected chi connectivity index (χ1v) is 14.0. The van der Waals surface area contributed by atoms with Crippen molar-refractivity contribution >= 4 is 29.0 Å². The second kappa shape index (κ2) is 9.24. The Bertz CT molecular complexity index is 1700. The summed E-state index contributed by atoms with van der Waals surface area (Å²) in [5.41, 5.74) is 8.53. The van der Waals surface area contributed by atoms with Crippen LogP contribution < -0.4 is 11.1 Å². The van der Waals surface area contributed by atoms with Gasteiger partial charge in [-0.1, -0.05) is 24.3 Å². The number of carbonyl (C=O) groups is 2. The summed E-state index contributed by atoms with van der Waals surface area (Å²) in [5, 5.41) is 2.81. The molecule has 4 heterocycles. The Kier molecular flexibility index (Phi) is 5.72. The first-order valence-electron chi connectivity index (χ1n) is 14.0. The number of likely N-dealkylation sites (tertiary alicyclic amines) is 1. The summed E-state index contributed by atoms with van der Waals surface area (Å²) in [5.74, 6) is 1.98. The van der Waals surface area contributed by atoms with Gasteiger partial charge in [-0.3, -0.25) is 14.0 Å². The molecule has 4 aromatic rings. The van der Waals surface area contributed by atoms with E-state index in [9.17, 15) is 9.59 Å². The van der Waals surface area contributed by atoms with Crippen molar-refractivity contribution in [1.29, 1.82) is 0 Å². The van der Waals surface area contributed by atoms with E-state index in [0.29, 0.717) is 40.9 Å². The fourth-order valence-electron chi connectivity index (χ4n) is 7.22. The van der Waals surface area contributed by atoms with Crippen molar-refractivity contribution in [2.75, 3.05) is 31.7 Å². The number of nitrogens with one attached hydrogen (secondary N) is 1. The third-order valence-corrected chi connectivity index (χ3v) is 9.08. The van der Waals surface area contributed by atoms with Gasteiger partial charge in [-0.15, -0.1) is 0 Å². The van der Waals surface area contributed by atoms with Crippen molar-refractivity contribution in [3.05, 3.63) is 84.6 Å². The molecule has 2 aliphatic carbocycles. The lowest BCUT2D eigenvalue weighted by Gasteiger charge is -2.34. The smallest absolute Gasteiger partial charge is 0.256 e. The Hall–Kier alpha value is -4.57. The first kappa shape index (κ1) is 25.4. The van der Waals surface area contributed by atoms with E-state index in [1.807, 2.05) is 53.9 Å². The molecule has 3 aliphatic rings. The maximum Gasteiger partial charge on any atom is 0.256 e. The largest absolute Gasteiger partial charge is 0.382 e. The van der Waals surface area contributed by atoms with Crippen molar-refractivity contribution < 1.29 is 9.59 Å². The number of aromatic nitrogens is 4. The third-order valence-electron chi connectivity index (χ3n) is 9.08. The molecule has 7 rings (SSSR count). The van der Waals surface area contributed by atoms with Crippen LogP contribution >= 0.6 is 0 Å². The van der Waals surface area contributed by atoms with Gasteiger partial charge >= 0.3 is 0 Å². The number of likely N-dealkylation sites (N-methyl/N-ethyl adjacent to an activating group) is 1. The van der Waals surface area contributed by atoms with Crippen molar-refractivity contribution in [3.8, 4) is 11.3 Å². The predicted molar refractivity (Wildman–Crippen MR) is 156 cm³/mol. The minimum atomic E-state index is -0.465. The maximum absolute atomic E-state index is 13.6. The van der Waals surface area contributed by atoms with E-state index in [1.54, 1.807) is 42.7 Å². The second-order valence-electron chi connectivity index (χ2n) is 11.5. The predicted octanol–water partition coefficient (Wildman–Crippen LogP) is 3.72. The lowest BCUT2D eigenvalue weighted by atomic mass is 9.71. The van der Waals surface area contributed by atoms with Gasteiger partial charge in [-0.25, -0.2) is 15.0 Å². The van der Waals surface area contributed by atoms with Crippen molar-refractivity contribution in [2.45, 2.75) is 36.8 Å². The lowest BCUT2D eigenvalue weighted by Crippen LogP contribution is -2.39. The fourth-order valence-corrected chi connectivity index (χ4v) is 7.22. The van der Waals surface area contributed by atoms with Gasteiger partial charge in [-0.05, 0) is 70.0 Å². The van der Waals surface area contributed by atoms with E-state index >= 15 is 0 Å². The summed E-state index contributed by atoms with van der Waals surface area (Å²) in [6.45, 7) is 0.706. The highest BCUT2D eigenvalue weighted by molar-refractivity contribution is 6.04. The number of pyridine rings is 1. The molecule has 3 aromatic heterocycles. The summed E-state index contributed by atoms with van der Waals surface area (Å²) in [6, 6.07) is 12.6. The lowest BCUT2D eigenvalue weighted by molar-refractivity contribution is -0.124. The number of imidazole rings is 1. The molecule has 3 fully saturated rings. The van der Waals surface area contributed by atoms with Crippen LogP contribution in [0.2, 0.25) is 0 Å². The summed E-state index contributed by atoms with van der Waals surface area (Å²) < 4.78 is 2.03. The van der Waals surface area contributed by atoms with Crippen LogP contribution in [0.1, 0.15) is 41.9 Å². The van der Waals surface area contributed by atoms with Crippen LogP contribution in [0.25, 0.3) is 16.8 Å². The standard InChI is InChI=1S/C31H32N8O2/c1-37(2)18-5-7-24(40)39-30-14-12-22(30)13-15-31(30,39)29-36-25(26-27(32)34-17-19-38(26)29)20-8-10-21(11-9-20)28(41)35-23-6-3-4-16-33-23/h3-11,16-17,19,22H,12-15,18H2,1-2H3,(H2,32,34)(H,33,35,41)/b7-5+. The molecule has 1 spiro atoms. The van der Waals surface area contributed by atoms with E-state index in [-0.39, 0.29) is 17.4 Å². The molecular formula is C31H32N8O2. The number of carbonyl (C=O) groups excluding carboxylic acids is 2. The molecule has 0 bridgehead atoms. The van der Waals surface area contributed by atoms with Gasteiger partial charge in [0.2, 0.25) is 5.91 Å². The quantitative estimate of drug-likeness (QED) is 0.267. The molecule has 1 aromatic carbocycles. The van der Waals surface area contributed by atoms with E-state index in [0.717, 1.165) is 37.1 Å². The zero-order valence-corrected chi connectivity index (χ0v) is 23.1. The molecule has 0 radical (unpaired) electrons. The van der Waals surface area contributed by atoms with Gasteiger partial charge < -0.3 is 20.9 Å². The number of nitrogens with zero attached hydrogens (tertiary/aromatic N) is 6.